The average Bonchev–Trinajstić information content (AvgIpc) is 2.97. The van der Waals surface area contributed by atoms with E-state index in [1.54, 1.807) is 48.0 Å². The summed E-state index contributed by atoms with van der Waals surface area (Å²) in [4.78, 5) is 21.7. The minimum atomic E-state index is -1.32. The van der Waals surface area contributed by atoms with Crippen molar-refractivity contribution in [2.75, 3.05) is 36.8 Å². The Bertz CT molecular complexity index is 1390. The third kappa shape index (κ3) is 8.16. The average molecular weight is 547 g/mol. The summed E-state index contributed by atoms with van der Waals surface area (Å²) in [5.41, 5.74) is 5.71. The molecule has 4 aromatic rings. The fourth-order valence-electron chi connectivity index (χ4n) is 3.93. The molecule has 2 aromatic carbocycles. The predicted molar refractivity (Wildman–Crippen MR) is 163 cm³/mol. The van der Waals surface area contributed by atoms with Gasteiger partial charge < -0.3 is 10.6 Å². The van der Waals surface area contributed by atoms with Crippen molar-refractivity contribution in [2.24, 2.45) is 0 Å². The second kappa shape index (κ2) is 15.1. The minimum Gasteiger partial charge on any atom is -0.322 e. The normalized spacial score (nSPS) is 11.4. The lowest BCUT2D eigenvalue weighted by Crippen LogP contribution is -2.33. The number of anilines is 2. The number of hydrogen-bond donors (Lipinski definition) is 3. The zero-order valence-corrected chi connectivity index (χ0v) is 24.1. The van der Waals surface area contributed by atoms with Gasteiger partial charge in [-0.05, 0) is 101 Å². The van der Waals surface area contributed by atoms with E-state index in [2.05, 4.69) is 27.3 Å². The van der Waals surface area contributed by atoms with Crippen LogP contribution in [0, 0.1) is 6.92 Å². The molecule has 0 radical (unpaired) electrons. The smallest absolute Gasteiger partial charge is 0.255 e. The van der Waals surface area contributed by atoms with Gasteiger partial charge in [-0.15, -0.1) is 0 Å². The van der Waals surface area contributed by atoms with Gasteiger partial charge in [0.2, 0.25) is 0 Å². The van der Waals surface area contributed by atoms with Crippen molar-refractivity contribution < 1.29 is 9.00 Å². The van der Waals surface area contributed by atoms with E-state index in [-0.39, 0.29) is 5.91 Å². The summed E-state index contributed by atoms with van der Waals surface area (Å²) in [7, 11) is 3.62. The number of amides is 1. The van der Waals surface area contributed by atoms with Crippen LogP contribution in [0.15, 0.2) is 73.1 Å². The number of aryl methyl sites for hydroxylation is 1. The molecule has 0 aliphatic heterocycles. The van der Waals surface area contributed by atoms with Crippen LogP contribution in [0.2, 0.25) is 0 Å². The maximum atomic E-state index is 12.8. The summed E-state index contributed by atoms with van der Waals surface area (Å²) in [5.74, 6) is -0.216. The van der Waals surface area contributed by atoms with Gasteiger partial charge in [0.1, 0.15) is 0 Å². The van der Waals surface area contributed by atoms with Crippen molar-refractivity contribution in [3.05, 3.63) is 84.2 Å². The third-order valence-corrected chi connectivity index (χ3v) is 7.34. The molecule has 0 saturated heterocycles. The van der Waals surface area contributed by atoms with E-state index in [1.807, 2.05) is 57.3 Å². The van der Waals surface area contributed by atoms with Crippen LogP contribution in [0.4, 0.5) is 11.4 Å². The molecule has 8 nitrogen and oxygen atoms in total. The highest BCUT2D eigenvalue weighted by atomic mass is 32.2. The molecule has 9 heteroatoms. The third-order valence-electron chi connectivity index (χ3n) is 6.12. The first kappa shape index (κ1) is 29.9. The van der Waals surface area contributed by atoms with Crippen molar-refractivity contribution in [2.45, 2.75) is 33.6 Å². The molecule has 39 heavy (non-hydrogen) atoms. The Morgan fingerprint density at radius 3 is 2.41 bits per heavy atom. The summed E-state index contributed by atoms with van der Waals surface area (Å²) in [6.07, 6.45) is 6.11. The van der Waals surface area contributed by atoms with E-state index in [4.69, 9.17) is 4.98 Å². The molecule has 1 atom stereocenters. The van der Waals surface area contributed by atoms with E-state index < -0.39 is 11.2 Å². The van der Waals surface area contributed by atoms with Crippen LogP contribution in [0.3, 0.4) is 0 Å². The van der Waals surface area contributed by atoms with Crippen LogP contribution in [-0.4, -0.2) is 47.3 Å². The Morgan fingerprint density at radius 2 is 1.77 bits per heavy atom. The molecular weight excluding hydrogens is 508 g/mol. The number of unbranched alkanes of at least 4 members (excludes halogenated alkanes) is 1. The highest BCUT2D eigenvalue weighted by Gasteiger charge is 2.13. The van der Waals surface area contributed by atoms with E-state index >= 15 is 0 Å². The Kier molecular flexibility index (Phi) is 11.5. The molecule has 2 heterocycles. The number of hydrogen-bond acceptors (Lipinski definition) is 5. The highest BCUT2D eigenvalue weighted by Crippen LogP contribution is 2.27. The molecule has 3 N–H and O–H groups in total. The molecule has 0 fully saturated rings. The number of fused-ring (bicyclic) bond motifs is 1. The first-order chi connectivity index (χ1) is 18.9. The number of nitrogens with one attached hydrogen (secondary N) is 3. The van der Waals surface area contributed by atoms with Gasteiger partial charge in [-0.3, -0.25) is 14.1 Å². The maximum Gasteiger partial charge on any atom is 0.255 e. The lowest BCUT2D eigenvalue weighted by Gasteiger charge is -2.20. The van der Waals surface area contributed by atoms with E-state index in [0.29, 0.717) is 17.8 Å². The van der Waals surface area contributed by atoms with Gasteiger partial charge in [0.25, 0.3) is 5.91 Å². The monoisotopic (exact) mass is 546 g/mol. The first-order valence-corrected chi connectivity index (χ1v) is 14.3. The summed E-state index contributed by atoms with van der Waals surface area (Å²) in [6.45, 7) is 7.87. The van der Waals surface area contributed by atoms with Crippen LogP contribution in [0.5, 0.6) is 0 Å². The molecule has 1 amide bonds. The molecule has 0 spiro atoms. The first-order valence-electron chi connectivity index (χ1n) is 13.2. The lowest BCUT2D eigenvalue weighted by molar-refractivity contribution is 0.102. The van der Waals surface area contributed by atoms with Crippen molar-refractivity contribution >= 4 is 39.4 Å². The van der Waals surface area contributed by atoms with Crippen LogP contribution in [0.1, 0.15) is 42.6 Å². The minimum absolute atomic E-state index is 0.216. The van der Waals surface area contributed by atoms with Crippen molar-refractivity contribution in [1.82, 2.24) is 20.0 Å². The van der Waals surface area contributed by atoms with Crippen molar-refractivity contribution in [3.63, 3.8) is 0 Å². The Labute approximate surface area is 234 Å². The van der Waals surface area contributed by atoms with Gasteiger partial charge in [-0.1, -0.05) is 19.4 Å². The number of benzene rings is 2. The molecule has 0 aliphatic carbocycles. The van der Waals surface area contributed by atoms with Gasteiger partial charge in [-0.2, -0.15) is 0 Å². The van der Waals surface area contributed by atoms with Crippen molar-refractivity contribution in [3.8, 4) is 11.3 Å². The second-order valence-corrected chi connectivity index (χ2v) is 10.2. The topological polar surface area (TPSA) is 99.2 Å². The summed E-state index contributed by atoms with van der Waals surface area (Å²) >= 11 is -1.32. The molecular formula is C30H38N6O2S. The maximum absolute atomic E-state index is 12.8. The zero-order valence-electron chi connectivity index (χ0n) is 23.3. The molecule has 0 bridgehead atoms. The van der Waals surface area contributed by atoms with E-state index in [1.165, 1.54) is 12.8 Å². The summed E-state index contributed by atoms with van der Waals surface area (Å²) < 4.78 is 16.5. The van der Waals surface area contributed by atoms with Gasteiger partial charge in [0.05, 0.1) is 16.9 Å². The van der Waals surface area contributed by atoms with Crippen LogP contribution in [0.25, 0.3) is 22.2 Å². The molecule has 0 aliphatic rings. The fourth-order valence-corrected chi connectivity index (χ4v) is 4.70. The Morgan fingerprint density at radius 1 is 1.00 bits per heavy atom. The molecule has 206 valence electrons. The van der Waals surface area contributed by atoms with Crippen LogP contribution >= 0.6 is 0 Å². The molecule has 4 rings (SSSR count). The molecule has 1 unspecified atom stereocenters. The zero-order chi connectivity index (χ0) is 28.2. The van der Waals surface area contributed by atoms with E-state index in [0.717, 1.165) is 40.0 Å². The van der Waals surface area contributed by atoms with Gasteiger partial charge in [0.15, 0.2) is 11.2 Å². The predicted octanol–water partition coefficient (Wildman–Crippen LogP) is 5.49. The van der Waals surface area contributed by atoms with Crippen molar-refractivity contribution in [1.29, 1.82) is 0 Å². The molecule has 0 saturated carbocycles. The van der Waals surface area contributed by atoms with Crippen LogP contribution < -0.4 is 19.7 Å². The number of rotatable bonds is 10. The highest BCUT2D eigenvalue weighted by molar-refractivity contribution is 7.84. The van der Waals surface area contributed by atoms with Crippen LogP contribution in [-0.2, 0) is 11.2 Å². The molecule has 2 aromatic heterocycles. The number of pyridine rings is 2. The van der Waals surface area contributed by atoms with Gasteiger partial charge in [0, 0.05) is 41.1 Å². The standard InChI is InChI=1S/C25H25N5O2S.C5H13N/c1-4-30(33(32)26-3)21-10-6-18(7-11-21)25(31)28-20-9-5-17(2)22(15-20)24-12-8-19-16-27-14-13-23(19)29-24;1-3-4-5-6-2/h5-16,26H,4H2,1-3H3,(H,28,31);6H,3-5H2,1-2H3. The summed E-state index contributed by atoms with van der Waals surface area (Å²) in [5, 5.41) is 7.01. The number of aromatic nitrogens is 2. The summed E-state index contributed by atoms with van der Waals surface area (Å²) in [6, 6.07) is 18.7. The largest absolute Gasteiger partial charge is 0.322 e. The lowest BCUT2D eigenvalue weighted by atomic mass is 10.0. The SMILES string of the molecule is CCCCNC.CCN(c1ccc(C(=O)Nc2ccc(C)c(-c3ccc4cnccc4n3)c2)cc1)S(=O)NC. The Balaban J connectivity index is 0.000000631. The van der Waals surface area contributed by atoms with E-state index in [9.17, 15) is 9.00 Å². The number of carbonyl (C=O) groups is 1. The van der Waals surface area contributed by atoms with Gasteiger partial charge in [-0.25, -0.2) is 13.9 Å². The quantitative estimate of drug-likeness (QED) is 0.229. The Hall–Kier alpha value is -3.66. The number of nitrogens with zero attached hydrogens (tertiary/aromatic N) is 3. The van der Waals surface area contributed by atoms with Gasteiger partial charge >= 0.3 is 0 Å². The fraction of sp³-hybridized carbons (Fsp3) is 0.300. The second-order valence-electron chi connectivity index (χ2n) is 8.90. The number of carbonyl (C=O) groups excluding carboxylic acids is 1.